The van der Waals surface area contributed by atoms with Crippen LogP contribution >= 0.6 is 0 Å². The van der Waals surface area contributed by atoms with Gasteiger partial charge in [0.1, 0.15) is 5.75 Å². The molecule has 2 amide bonds. The largest absolute Gasteiger partial charge is 0.495 e. The number of carbonyl (C=O) groups excluding carboxylic acids is 2. The molecule has 2 aliphatic heterocycles. The molecular formula is C29H40N4O3. The number of rotatable bonds is 8. The van der Waals surface area contributed by atoms with Crippen LogP contribution in [0.2, 0.25) is 0 Å². The summed E-state index contributed by atoms with van der Waals surface area (Å²) in [5, 5.41) is 5.89. The van der Waals surface area contributed by atoms with Crippen LogP contribution < -0.4 is 15.4 Å². The number of amides is 2. The molecule has 7 heteroatoms. The number of nitrogens with one attached hydrogen (secondary N) is 2. The number of nitrogens with zero attached hydrogens (tertiary/aromatic N) is 2. The van der Waals surface area contributed by atoms with Gasteiger partial charge in [0.25, 0.3) is 5.91 Å². The summed E-state index contributed by atoms with van der Waals surface area (Å²) in [5.41, 5.74) is 1.82. The van der Waals surface area contributed by atoms with E-state index in [1.165, 1.54) is 45.3 Å². The lowest BCUT2D eigenvalue weighted by Crippen LogP contribution is -2.47. The highest BCUT2D eigenvalue weighted by atomic mass is 16.5. The zero-order valence-corrected chi connectivity index (χ0v) is 21.7. The molecule has 194 valence electrons. The van der Waals surface area contributed by atoms with E-state index in [1.807, 2.05) is 19.1 Å². The van der Waals surface area contributed by atoms with Crippen molar-refractivity contribution >= 4 is 23.2 Å². The van der Waals surface area contributed by atoms with Crippen LogP contribution in [-0.2, 0) is 4.79 Å². The second-order valence-corrected chi connectivity index (χ2v) is 10.1. The summed E-state index contributed by atoms with van der Waals surface area (Å²) in [5.74, 6) is 1.11. The number of piperidine rings is 1. The minimum atomic E-state index is -0.228. The number of methoxy groups -OCH3 is 1. The van der Waals surface area contributed by atoms with Crippen LogP contribution in [0.25, 0.3) is 0 Å². The molecule has 1 atom stereocenters. The SMILES string of the molecule is COc1ccccc1NC(=O)c1ccc(NC(=O)C(C)N2CCC(CN3CCCCCC3)CC2)cc1. The van der Waals surface area contributed by atoms with E-state index in [0.29, 0.717) is 22.7 Å². The number of likely N-dealkylation sites (tertiary alicyclic amines) is 2. The summed E-state index contributed by atoms with van der Waals surface area (Å²) in [7, 11) is 1.57. The van der Waals surface area contributed by atoms with Gasteiger partial charge in [-0.2, -0.15) is 0 Å². The molecule has 2 fully saturated rings. The van der Waals surface area contributed by atoms with E-state index in [4.69, 9.17) is 4.74 Å². The summed E-state index contributed by atoms with van der Waals surface area (Å²) < 4.78 is 5.29. The van der Waals surface area contributed by atoms with Crippen LogP contribution in [0.5, 0.6) is 5.75 Å². The molecule has 2 aliphatic rings. The smallest absolute Gasteiger partial charge is 0.255 e. The average molecular weight is 493 g/mol. The van der Waals surface area contributed by atoms with Gasteiger partial charge in [-0.25, -0.2) is 0 Å². The fourth-order valence-electron chi connectivity index (χ4n) is 5.27. The molecule has 2 saturated heterocycles. The number of anilines is 2. The maximum Gasteiger partial charge on any atom is 0.255 e. The quantitative estimate of drug-likeness (QED) is 0.550. The summed E-state index contributed by atoms with van der Waals surface area (Å²) in [6.45, 7) is 7.63. The Labute approximate surface area is 215 Å². The summed E-state index contributed by atoms with van der Waals surface area (Å²) >= 11 is 0. The maximum absolute atomic E-state index is 12.9. The molecular weight excluding hydrogens is 452 g/mol. The third-order valence-electron chi connectivity index (χ3n) is 7.56. The van der Waals surface area contributed by atoms with Crippen LogP contribution in [0, 0.1) is 5.92 Å². The van der Waals surface area contributed by atoms with Crippen LogP contribution in [0.15, 0.2) is 48.5 Å². The van der Waals surface area contributed by atoms with Gasteiger partial charge < -0.3 is 20.3 Å². The predicted octanol–water partition coefficient (Wildman–Crippen LogP) is 4.86. The highest BCUT2D eigenvalue weighted by Gasteiger charge is 2.27. The molecule has 0 radical (unpaired) electrons. The van der Waals surface area contributed by atoms with E-state index in [2.05, 4.69) is 20.4 Å². The minimum Gasteiger partial charge on any atom is -0.495 e. The van der Waals surface area contributed by atoms with Crippen LogP contribution in [0.3, 0.4) is 0 Å². The first-order valence-corrected chi connectivity index (χ1v) is 13.3. The number of carbonyl (C=O) groups is 2. The first kappa shape index (κ1) is 26.2. The van der Waals surface area contributed by atoms with Crippen molar-refractivity contribution in [3.63, 3.8) is 0 Å². The Kier molecular flexibility index (Phi) is 9.36. The first-order valence-electron chi connectivity index (χ1n) is 13.3. The van der Waals surface area contributed by atoms with Gasteiger partial charge in [0.15, 0.2) is 0 Å². The molecule has 2 heterocycles. The molecule has 0 aromatic heterocycles. The lowest BCUT2D eigenvalue weighted by molar-refractivity contribution is -0.121. The normalized spacial score (nSPS) is 18.7. The van der Waals surface area contributed by atoms with E-state index in [0.717, 1.165) is 31.8 Å². The van der Waals surface area contributed by atoms with Crippen molar-refractivity contribution in [3.8, 4) is 5.75 Å². The van der Waals surface area contributed by atoms with Crippen molar-refractivity contribution < 1.29 is 14.3 Å². The van der Waals surface area contributed by atoms with Gasteiger partial charge in [0, 0.05) is 17.8 Å². The van der Waals surface area contributed by atoms with Gasteiger partial charge in [-0.05, 0) is 101 Å². The van der Waals surface area contributed by atoms with Crippen molar-refractivity contribution in [2.24, 2.45) is 5.92 Å². The molecule has 0 saturated carbocycles. The Bertz CT molecular complexity index is 994. The number of hydrogen-bond acceptors (Lipinski definition) is 5. The second kappa shape index (κ2) is 12.9. The van der Waals surface area contributed by atoms with Gasteiger partial charge in [-0.3, -0.25) is 14.5 Å². The Balaban J connectivity index is 1.24. The Morgan fingerprint density at radius 3 is 2.25 bits per heavy atom. The highest BCUT2D eigenvalue weighted by Crippen LogP contribution is 2.25. The first-order chi connectivity index (χ1) is 17.5. The lowest BCUT2D eigenvalue weighted by Gasteiger charge is -2.37. The van der Waals surface area contributed by atoms with Crippen molar-refractivity contribution in [2.75, 3.05) is 50.5 Å². The maximum atomic E-state index is 12.9. The number of para-hydroxylation sites is 2. The van der Waals surface area contributed by atoms with Gasteiger partial charge >= 0.3 is 0 Å². The monoisotopic (exact) mass is 492 g/mol. The average Bonchev–Trinajstić information content (AvgIpc) is 3.18. The molecule has 36 heavy (non-hydrogen) atoms. The van der Waals surface area contributed by atoms with Gasteiger partial charge in [0.2, 0.25) is 5.91 Å². The lowest BCUT2D eigenvalue weighted by atomic mass is 9.95. The molecule has 2 aromatic rings. The Hall–Kier alpha value is -2.90. The highest BCUT2D eigenvalue weighted by molar-refractivity contribution is 6.05. The van der Waals surface area contributed by atoms with Gasteiger partial charge in [-0.1, -0.05) is 25.0 Å². The fourth-order valence-corrected chi connectivity index (χ4v) is 5.27. The van der Waals surface area contributed by atoms with Crippen molar-refractivity contribution in [3.05, 3.63) is 54.1 Å². The molecule has 0 spiro atoms. The predicted molar refractivity (Wildman–Crippen MR) is 145 cm³/mol. The number of benzene rings is 2. The Morgan fingerprint density at radius 2 is 1.58 bits per heavy atom. The molecule has 7 nitrogen and oxygen atoms in total. The molecule has 1 unspecified atom stereocenters. The number of hydrogen-bond donors (Lipinski definition) is 2. The minimum absolute atomic E-state index is 0.00723. The fraction of sp³-hybridized carbons (Fsp3) is 0.517. The van der Waals surface area contributed by atoms with E-state index in [9.17, 15) is 9.59 Å². The third-order valence-corrected chi connectivity index (χ3v) is 7.56. The zero-order chi connectivity index (χ0) is 25.3. The van der Waals surface area contributed by atoms with E-state index in [1.54, 1.807) is 43.5 Å². The third kappa shape index (κ3) is 7.08. The van der Waals surface area contributed by atoms with Gasteiger partial charge in [-0.15, -0.1) is 0 Å². The van der Waals surface area contributed by atoms with E-state index in [-0.39, 0.29) is 17.9 Å². The summed E-state index contributed by atoms with van der Waals surface area (Å²) in [6, 6.07) is 14.1. The van der Waals surface area contributed by atoms with Crippen molar-refractivity contribution in [2.45, 2.75) is 51.5 Å². The summed E-state index contributed by atoms with van der Waals surface area (Å²) in [6.07, 6.45) is 7.74. The molecule has 2 aromatic carbocycles. The van der Waals surface area contributed by atoms with Gasteiger partial charge in [0.05, 0.1) is 18.8 Å². The van der Waals surface area contributed by atoms with Crippen molar-refractivity contribution in [1.29, 1.82) is 0 Å². The Morgan fingerprint density at radius 1 is 0.917 bits per heavy atom. The summed E-state index contributed by atoms with van der Waals surface area (Å²) in [4.78, 5) is 30.5. The van der Waals surface area contributed by atoms with E-state index >= 15 is 0 Å². The molecule has 4 rings (SSSR count). The van der Waals surface area contributed by atoms with E-state index < -0.39 is 0 Å². The van der Waals surface area contributed by atoms with Crippen molar-refractivity contribution in [1.82, 2.24) is 9.80 Å². The second-order valence-electron chi connectivity index (χ2n) is 10.1. The van der Waals surface area contributed by atoms with Crippen LogP contribution in [0.1, 0.15) is 55.8 Å². The topological polar surface area (TPSA) is 73.9 Å². The van der Waals surface area contributed by atoms with Crippen LogP contribution in [0.4, 0.5) is 11.4 Å². The van der Waals surface area contributed by atoms with Crippen LogP contribution in [-0.4, -0.2) is 67.5 Å². The zero-order valence-electron chi connectivity index (χ0n) is 21.7. The number of ether oxygens (including phenoxy) is 1. The standard InChI is InChI=1S/C29H40N4O3/c1-22(33-19-15-23(16-20-33)21-32-17-7-3-4-8-18-32)28(34)30-25-13-11-24(12-14-25)29(35)31-26-9-5-6-10-27(26)36-2/h5-6,9-14,22-23H,3-4,7-8,15-21H2,1-2H3,(H,30,34)(H,31,35). The molecule has 2 N–H and O–H groups in total. The molecule has 0 bridgehead atoms. The molecule has 0 aliphatic carbocycles.